The summed E-state index contributed by atoms with van der Waals surface area (Å²) in [7, 11) is 0. The molecule has 1 saturated heterocycles. The van der Waals surface area contributed by atoms with Crippen molar-refractivity contribution in [2.75, 3.05) is 31.1 Å². The number of piperidine rings is 1. The van der Waals surface area contributed by atoms with Crippen LogP contribution in [-0.2, 0) is 6.54 Å². The van der Waals surface area contributed by atoms with Crippen LogP contribution in [0.5, 0.6) is 0 Å². The van der Waals surface area contributed by atoms with Crippen molar-refractivity contribution in [3.63, 3.8) is 0 Å². The number of nitrogens with zero attached hydrogens (tertiary/aromatic N) is 3. The summed E-state index contributed by atoms with van der Waals surface area (Å²) in [5, 5.41) is 11.8. The minimum Gasteiger partial charge on any atom is -0.478 e. The number of fused-ring (bicyclic) bond motifs is 5. The van der Waals surface area contributed by atoms with Crippen molar-refractivity contribution in [3.05, 3.63) is 52.5 Å². The summed E-state index contributed by atoms with van der Waals surface area (Å²) in [5.41, 5.74) is 6.61. The molecule has 1 aromatic heterocycles. The number of halogens is 1. The van der Waals surface area contributed by atoms with Gasteiger partial charge in [-0.05, 0) is 87.0 Å². The van der Waals surface area contributed by atoms with Crippen LogP contribution in [0, 0.1) is 0 Å². The van der Waals surface area contributed by atoms with Crippen molar-refractivity contribution >= 4 is 34.2 Å². The van der Waals surface area contributed by atoms with Crippen molar-refractivity contribution in [1.82, 2.24) is 9.47 Å². The van der Waals surface area contributed by atoms with Crippen molar-refractivity contribution < 1.29 is 9.90 Å². The fraction of sp³-hybridized carbons (Fsp3) is 0.531. The molecule has 3 heterocycles. The maximum Gasteiger partial charge on any atom is 0.335 e. The Morgan fingerprint density at radius 2 is 1.79 bits per heavy atom. The number of carbonyl (C=O) groups is 1. The van der Waals surface area contributed by atoms with E-state index in [1.807, 2.05) is 12.1 Å². The molecule has 3 aliphatic rings. The monoisotopic (exact) mass is 533 g/mol. The minimum absolute atomic E-state index is 0.363. The van der Waals surface area contributed by atoms with Gasteiger partial charge in [0.15, 0.2) is 0 Å². The fourth-order valence-corrected chi connectivity index (χ4v) is 7.65. The molecule has 5 nitrogen and oxygen atoms in total. The first kappa shape index (κ1) is 25.8. The Kier molecular flexibility index (Phi) is 7.41. The molecule has 2 fully saturated rings. The molecule has 1 unspecified atom stereocenters. The standard InChI is InChI=1S/C32H40ClN3O2/c1-2-34-16-7-6-10-25(34)15-17-35-18-19-36-29-20-23(32(37)38)11-13-26(29)30(22-8-4-3-5-9-22)31(36)27-14-12-24(33)21-28(27)35/h11-14,20-22,25H,2-10,15-19H2,1H3,(H,37,38). The van der Waals surface area contributed by atoms with Crippen molar-refractivity contribution in [2.45, 2.75) is 83.2 Å². The van der Waals surface area contributed by atoms with Gasteiger partial charge in [0.2, 0.25) is 0 Å². The van der Waals surface area contributed by atoms with E-state index in [2.05, 4.69) is 39.5 Å². The van der Waals surface area contributed by atoms with Gasteiger partial charge in [-0.2, -0.15) is 0 Å². The predicted molar refractivity (Wildman–Crippen MR) is 157 cm³/mol. The second kappa shape index (κ2) is 10.9. The number of aromatic nitrogens is 1. The molecule has 1 aliphatic carbocycles. The van der Waals surface area contributed by atoms with Crippen LogP contribution in [0.2, 0.25) is 5.02 Å². The lowest BCUT2D eigenvalue weighted by molar-refractivity contribution is 0.0697. The molecule has 1 atom stereocenters. The van der Waals surface area contributed by atoms with E-state index in [-0.39, 0.29) is 0 Å². The summed E-state index contributed by atoms with van der Waals surface area (Å²) in [4.78, 5) is 17.1. The van der Waals surface area contributed by atoms with Gasteiger partial charge < -0.3 is 19.5 Å². The van der Waals surface area contributed by atoms with Crippen LogP contribution in [0.15, 0.2) is 36.4 Å². The number of benzene rings is 2. The molecule has 3 aromatic rings. The van der Waals surface area contributed by atoms with Gasteiger partial charge >= 0.3 is 5.97 Å². The van der Waals surface area contributed by atoms with E-state index in [1.165, 1.54) is 85.8 Å². The number of anilines is 1. The third kappa shape index (κ3) is 4.73. The lowest BCUT2D eigenvalue weighted by Gasteiger charge is -2.36. The normalized spacial score (nSPS) is 20.8. The second-order valence-electron chi connectivity index (χ2n) is 11.5. The lowest BCUT2D eigenvalue weighted by atomic mass is 9.81. The number of aromatic carboxylic acids is 1. The zero-order valence-corrected chi connectivity index (χ0v) is 23.3. The SMILES string of the molecule is CCN1CCCCC1CCN1CCn2c(c(C3CCCCC3)c3ccc(C(=O)O)cc32)-c2ccc(Cl)cc21. The van der Waals surface area contributed by atoms with Crippen molar-refractivity contribution in [1.29, 1.82) is 0 Å². The molecule has 0 bridgehead atoms. The predicted octanol–water partition coefficient (Wildman–Crippen LogP) is 7.79. The maximum atomic E-state index is 11.9. The summed E-state index contributed by atoms with van der Waals surface area (Å²) in [6, 6.07) is 12.8. The third-order valence-corrected chi connectivity index (χ3v) is 9.64. The molecule has 0 spiro atoms. The smallest absolute Gasteiger partial charge is 0.335 e. The Balaban J connectivity index is 1.45. The van der Waals surface area contributed by atoms with Crippen LogP contribution in [-0.4, -0.2) is 52.8 Å². The Hall–Kier alpha value is -2.50. The highest BCUT2D eigenvalue weighted by Gasteiger charge is 2.31. The summed E-state index contributed by atoms with van der Waals surface area (Å²) in [6.45, 7) is 7.38. The van der Waals surface area contributed by atoms with E-state index in [0.717, 1.165) is 43.1 Å². The molecular formula is C32H40ClN3O2. The molecule has 6 rings (SSSR count). The first-order valence-electron chi connectivity index (χ1n) is 14.7. The van der Waals surface area contributed by atoms with E-state index < -0.39 is 5.97 Å². The Morgan fingerprint density at radius 1 is 0.974 bits per heavy atom. The van der Waals surface area contributed by atoms with Crippen molar-refractivity contribution in [2.24, 2.45) is 0 Å². The molecular weight excluding hydrogens is 494 g/mol. The third-order valence-electron chi connectivity index (χ3n) is 9.40. The first-order chi connectivity index (χ1) is 18.5. The van der Waals surface area contributed by atoms with Crippen LogP contribution in [0.1, 0.15) is 86.6 Å². The average molecular weight is 534 g/mol. The van der Waals surface area contributed by atoms with Crippen LogP contribution in [0.25, 0.3) is 22.2 Å². The van der Waals surface area contributed by atoms with Crippen LogP contribution >= 0.6 is 11.6 Å². The fourth-order valence-electron chi connectivity index (χ4n) is 7.48. The maximum absolute atomic E-state index is 11.9. The van der Waals surface area contributed by atoms with Gasteiger partial charge in [-0.3, -0.25) is 0 Å². The highest BCUT2D eigenvalue weighted by Crippen LogP contribution is 2.48. The zero-order valence-electron chi connectivity index (χ0n) is 22.6. The van der Waals surface area contributed by atoms with E-state index in [1.54, 1.807) is 6.07 Å². The number of carboxylic acids is 1. The minimum atomic E-state index is -0.864. The number of hydrogen-bond acceptors (Lipinski definition) is 3. The van der Waals surface area contributed by atoms with Crippen LogP contribution in [0.4, 0.5) is 5.69 Å². The molecule has 1 N–H and O–H groups in total. The Morgan fingerprint density at radius 3 is 2.58 bits per heavy atom. The molecule has 202 valence electrons. The summed E-state index contributed by atoms with van der Waals surface area (Å²) >= 11 is 6.63. The van der Waals surface area contributed by atoms with Crippen LogP contribution < -0.4 is 4.90 Å². The first-order valence-corrected chi connectivity index (χ1v) is 15.1. The van der Waals surface area contributed by atoms with Gasteiger partial charge in [0, 0.05) is 52.9 Å². The topological polar surface area (TPSA) is 48.7 Å². The van der Waals surface area contributed by atoms with Crippen LogP contribution in [0.3, 0.4) is 0 Å². The highest BCUT2D eigenvalue weighted by atomic mass is 35.5. The largest absolute Gasteiger partial charge is 0.478 e. The quantitative estimate of drug-likeness (QED) is 0.351. The van der Waals surface area contributed by atoms with Gasteiger partial charge in [0.25, 0.3) is 0 Å². The number of likely N-dealkylation sites (tertiary alicyclic amines) is 1. The number of carboxylic acid groups (broad SMARTS) is 1. The Bertz CT molecular complexity index is 1330. The highest BCUT2D eigenvalue weighted by molar-refractivity contribution is 6.31. The zero-order chi connectivity index (χ0) is 26.2. The van der Waals surface area contributed by atoms with E-state index >= 15 is 0 Å². The summed E-state index contributed by atoms with van der Waals surface area (Å²) in [6.07, 6.45) is 11.3. The van der Waals surface area contributed by atoms with E-state index in [4.69, 9.17) is 11.6 Å². The molecule has 2 aliphatic heterocycles. The average Bonchev–Trinajstić information content (AvgIpc) is 3.18. The van der Waals surface area contributed by atoms with E-state index in [9.17, 15) is 9.90 Å². The molecule has 38 heavy (non-hydrogen) atoms. The molecule has 2 aromatic carbocycles. The van der Waals surface area contributed by atoms with Crippen molar-refractivity contribution in [3.8, 4) is 11.3 Å². The molecule has 6 heteroatoms. The number of rotatable bonds is 6. The second-order valence-corrected chi connectivity index (χ2v) is 11.9. The summed E-state index contributed by atoms with van der Waals surface area (Å²) in [5.74, 6) is -0.356. The van der Waals surface area contributed by atoms with Gasteiger partial charge in [-0.25, -0.2) is 4.79 Å². The summed E-state index contributed by atoms with van der Waals surface area (Å²) < 4.78 is 2.43. The van der Waals surface area contributed by atoms with E-state index in [0.29, 0.717) is 17.5 Å². The molecule has 0 amide bonds. The molecule has 1 saturated carbocycles. The van der Waals surface area contributed by atoms with Gasteiger partial charge in [0.1, 0.15) is 0 Å². The molecule has 0 radical (unpaired) electrons. The number of hydrogen-bond donors (Lipinski definition) is 1. The van der Waals surface area contributed by atoms with Gasteiger partial charge in [0.05, 0.1) is 11.3 Å². The lowest BCUT2D eigenvalue weighted by Crippen LogP contribution is -2.41. The van der Waals surface area contributed by atoms with Gasteiger partial charge in [-0.1, -0.05) is 50.3 Å². The van der Waals surface area contributed by atoms with Gasteiger partial charge in [-0.15, -0.1) is 0 Å². The Labute approximate surface area is 231 Å².